The Morgan fingerprint density at radius 2 is 1.90 bits per heavy atom. The first-order chi connectivity index (χ1) is 10.1. The zero-order chi connectivity index (χ0) is 15.2. The van der Waals surface area contributed by atoms with E-state index in [0.717, 1.165) is 0 Å². The minimum atomic E-state index is -1.15. The second-order valence-electron chi connectivity index (χ2n) is 4.33. The van der Waals surface area contributed by atoms with Gasteiger partial charge in [-0.3, -0.25) is 9.78 Å². The number of nitrogens with one attached hydrogen (secondary N) is 1. The summed E-state index contributed by atoms with van der Waals surface area (Å²) in [5, 5.41) is 20.8. The van der Waals surface area contributed by atoms with Crippen LogP contribution in [0.3, 0.4) is 0 Å². The summed E-state index contributed by atoms with van der Waals surface area (Å²) in [6.45, 7) is 0. The van der Waals surface area contributed by atoms with Crippen LogP contribution in [0.1, 0.15) is 16.1 Å². The minimum absolute atomic E-state index is 0.0504. The summed E-state index contributed by atoms with van der Waals surface area (Å²) in [6.07, 6.45) is 4.13. The maximum absolute atomic E-state index is 11.9. The van der Waals surface area contributed by atoms with Gasteiger partial charge in [-0.1, -0.05) is 12.1 Å². The Kier molecular flexibility index (Phi) is 4.45. The first kappa shape index (κ1) is 14.4. The zero-order valence-electron chi connectivity index (χ0n) is 10.9. The lowest BCUT2D eigenvalue weighted by atomic mass is 10.1. The van der Waals surface area contributed by atoms with Crippen molar-refractivity contribution in [3.05, 3.63) is 54.1 Å². The molecule has 7 nitrogen and oxygen atoms in total. The molecule has 1 amide bonds. The molecule has 1 atom stereocenters. The van der Waals surface area contributed by atoms with Crippen molar-refractivity contribution in [3.8, 4) is 5.75 Å². The van der Waals surface area contributed by atoms with Gasteiger partial charge in [0.1, 0.15) is 17.5 Å². The molecule has 0 aliphatic heterocycles. The average Bonchev–Trinajstić information content (AvgIpc) is 2.49. The fourth-order valence-corrected chi connectivity index (χ4v) is 1.72. The Balaban J connectivity index is 2.07. The van der Waals surface area contributed by atoms with E-state index in [1.807, 2.05) is 0 Å². The van der Waals surface area contributed by atoms with Gasteiger partial charge in [-0.15, -0.1) is 0 Å². The molecule has 21 heavy (non-hydrogen) atoms. The van der Waals surface area contributed by atoms with E-state index < -0.39 is 17.9 Å². The van der Waals surface area contributed by atoms with E-state index in [1.54, 1.807) is 12.1 Å². The normalized spacial score (nSPS) is 11.6. The number of aromatic hydroxyl groups is 1. The number of hydrogen-bond donors (Lipinski definition) is 3. The number of amides is 1. The fraction of sp³-hybridized carbons (Fsp3) is 0.143. The van der Waals surface area contributed by atoms with Crippen molar-refractivity contribution in [2.24, 2.45) is 0 Å². The quantitative estimate of drug-likeness (QED) is 0.742. The lowest BCUT2D eigenvalue weighted by Crippen LogP contribution is -2.42. The van der Waals surface area contributed by atoms with Gasteiger partial charge in [0.25, 0.3) is 5.91 Å². The van der Waals surface area contributed by atoms with Crippen LogP contribution < -0.4 is 5.32 Å². The molecule has 0 saturated carbocycles. The van der Waals surface area contributed by atoms with Crippen LogP contribution in [0.5, 0.6) is 5.75 Å². The molecular weight excluding hydrogens is 274 g/mol. The molecule has 0 unspecified atom stereocenters. The van der Waals surface area contributed by atoms with Crippen LogP contribution in [0.4, 0.5) is 0 Å². The highest BCUT2D eigenvalue weighted by atomic mass is 16.4. The molecule has 108 valence electrons. The lowest BCUT2D eigenvalue weighted by Gasteiger charge is -2.14. The number of nitrogens with zero attached hydrogens (tertiary/aromatic N) is 2. The topological polar surface area (TPSA) is 112 Å². The van der Waals surface area contributed by atoms with Gasteiger partial charge in [-0.2, -0.15) is 0 Å². The van der Waals surface area contributed by atoms with Crippen LogP contribution >= 0.6 is 0 Å². The van der Waals surface area contributed by atoms with Crippen molar-refractivity contribution in [2.75, 3.05) is 0 Å². The number of phenols is 1. The van der Waals surface area contributed by atoms with Crippen molar-refractivity contribution >= 4 is 11.9 Å². The minimum Gasteiger partial charge on any atom is -0.508 e. The Bertz CT molecular complexity index is 628. The fourth-order valence-electron chi connectivity index (χ4n) is 1.72. The molecule has 7 heteroatoms. The predicted octanol–water partition coefficient (Wildman–Crippen LogP) is 0.608. The third-order valence-electron chi connectivity index (χ3n) is 2.78. The molecule has 1 aromatic carbocycles. The van der Waals surface area contributed by atoms with Gasteiger partial charge in [-0.05, 0) is 17.7 Å². The highest BCUT2D eigenvalue weighted by Gasteiger charge is 2.21. The largest absolute Gasteiger partial charge is 0.508 e. The lowest BCUT2D eigenvalue weighted by molar-refractivity contribution is -0.139. The Labute approximate surface area is 120 Å². The summed E-state index contributed by atoms with van der Waals surface area (Å²) in [5.41, 5.74) is 0.731. The SMILES string of the molecule is O=C(N[C@H](Cc1ccc(O)cc1)C(=O)O)c1cnccn1. The van der Waals surface area contributed by atoms with Crippen molar-refractivity contribution in [1.82, 2.24) is 15.3 Å². The Hall–Kier alpha value is -2.96. The first-order valence-corrected chi connectivity index (χ1v) is 6.14. The van der Waals surface area contributed by atoms with Crippen LogP contribution in [0.15, 0.2) is 42.9 Å². The molecule has 0 aliphatic carbocycles. The second kappa shape index (κ2) is 6.47. The number of aliphatic carboxylic acids is 1. The van der Waals surface area contributed by atoms with Gasteiger partial charge in [-0.25, -0.2) is 9.78 Å². The van der Waals surface area contributed by atoms with Crippen LogP contribution in [0.25, 0.3) is 0 Å². The average molecular weight is 287 g/mol. The molecule has 2 rings (SSSR count). The molecule has 3 N–H and O–H groups in total. The molecule has 1 heterocycles. The summed E-state index contributed by atoms with van der Waals surface area (Å²) in [7, 11) is 0. The molecular formula is C14H13N3O4. The molecule has 2 aromatic rings. The number of rotatable bonds is 5. The number of benzene rings is 1. The molecule has 0 radical (unpaired) electrons. The van der Waals surface area contributed by atoms with Gasteiger partial charge in [0.05, 0.1) is 6.20 Å². The van der Waals surface area contributed by atoms with Gasteiger partial charge < -0.3 is 15.5 Å². The third kappa shape index (κ3) is 4.00. The highest BCUT2D eigenvalue weighted by Crippen LogP contribution is 2.11. The maximum atomic E-state index is 11.9. The first-order valence-electron chi connectivity index (χ1n) is 6.14. The Morgan fingerprint density at radius 3 is 2.48 bits per heavy atom. The van der Waals surface area contributed by atoms with Crippen molar-refractivity contribution in [3.63, 3.8) is 0 Å². The van der Waals surface area contributed by atoms with Crippen molar-refractivity contribution in [2.45, 2.75) is 12.5 Å². The molecule has 0 spiro atoms. The number of carbonyl (C=O) groups is 2. The number of carboxylic acids is 1. The smallest absolute Gasteiger partial charge is 0.326 e. The molecule has 0 bridgehead atoms. The third-order valence-corrected chi connectivity index (χ3v) is 2.78. The Morgan fingerprint density at radius 1 is 1.19 bits per heavy atom. The number of phenolic OH excluding ortho intramolecular Hbond substituents is 1. The summed E-state index contributed by atoms with van der Waals surface area (Å²) in [4.78, 5) is 30.7. The zero-order valence-corrected chi connectivity index (χ0v) is 10.9. The summed E-state index contributed by atoms with van der Waals surface area (Å²) >= 11 is 0. The van der Waals surface area contributed by atoms with E-state index in [4.69, 9.17) is 0 Å². The maximum Gasteiger partial charge on any atom is 0.326 e. The van der Waals surface area contributed by atoms with E-state index in [-0.39, 0.29) is 17.9 Å². The van der Waals surface area contributed by atoms with E-state index >= 15 is 0 Å². The van der Waals surface area contributed by atoms with Gasteiger partial charge in [0, 0.05) is 18.8 Å². The van der Waals surface area contributed by atoms with Crippen molar-refractivity contribution < 1.29 is 19.8 Å². The summed E-state index contributed by atoms with van der Waals surface area (Å²) in [6, 6.07) is 5.01. The standard InChI is InChI=1S/C14H13N3O4/c18-10-3-1-9(2-4-10)7-11(14(20)21)17-13(19)12-8-15-5-6-16-12/h1-6,8,11,18H,7H2,(H,17,19)(H,20,21)/t11-/m1/s1. The van der Waals surface area contributed by atoms with Gasteiger partial charge in [0.2, 0.25) is 0 Å². The van der Waals surface area contributed by atoms with Crippen LogP contribution in [0.2, 0.25) is 0 Å². The molecule has 0 fully saturated rings. The summed E-state index contributed by atoms with van der Waals surface area (Å²) < 4.78 is 0. The van der Waals surface area contributed by atoms with Crippen molar-refractivity contribution in [1.29, 1.82) is 0 Å². The predicted molar refractivity (Wildman–Crippen MR) is 72.7 cm³/mol. The van der Waals surface area contributed by atoms with Crippen LogP contribution in [-0.4, -0.2) is 38.1 Å². The number of carboxylic acid groups (broad SMARTS) is 1. The number of carbonyl (C=O) groups excluding carboxylic acids is 1. The summed E-state index contributed by atoms with van der Waals surface area (Å²) in [5.74, 6) is -1.66. The monoisotopic (exact) mass is 287 g/mol. The van der Waals surface area contributed by atoms with Gasteiger partial charge in [0.15, 0.2) is 0 Å². The number of hydrogen-bond acceptors (Lipinski definition) is 5. The van der Waals surface area contributed by atoms with E-state index in [2.05, 4.69) is 15.3 Å². The highest BCUT2D eigenvalue weighted by molar-refractivity contribution is 5.94. The van der Waals surface area contributed by atoms with Gasteiger partial charge >= 0.3 is 5.97 Å². The second-order valence-corrected chi connectivity index (χ2v) is 4.33. The van der Waals surface area contributed by atoms with E-state index in [0.29, 0.717) is 5.56 Å². The molecule has 1 aromatic heterocycles. The van der Waals surface area contributed by atoms with E-state index in [1.165, 1.54) is 30.7 Å². The molecule has 0 saturated heterocycles. The molecule has 0 aliphatic rings. The van der Waals surface area contributed by atoms with Crippen LogP contribution in [0, 0.1) is 0 Å². The van der Waals surface area contributed by atoms with E-state index in [9.17, 15) is 19.8 Å². The van der Waals surface area contributed by atoms with Crippen LogP contribution in [-0.2, 0) is 11.2 Å². The number of aromatic nitrogens is 2.